The van der Waals surface area contributed by atoms with Crippen molar-refractivity contribution in [3.05, 3.63) is 134 Å². The molecular formula is C40H22N2. The molecule has 0 radical (unpaired) electrons. The molecule has 10 aromatic rings. The average molecular weight is 531 g/mol. The van der Waals surface area contributed by atoms with Crippen molar-refractivity contribution in [2.24, 2.45) is 0 Å². The van der Waals surface area contributed by atoms with Crippen molar-refractivity contribution in [1.82, 2.24) is 9.97 Å². The largest absolute Gasteiger partial charge is 0.265 e. The number of pyridine rings is 2. The molecule has 0 aliphatic heterocycles. The van der Waals surface area contributed by atoms with Crippen LogP contribution in [0, 0.1) is 0 Å². The van der Waals surface area contributed by atoms with Gasteiger partial charge in [0.05, 0.1) is 0 Å². The van der Waals surface area contributed by atoms with Crippen LogP contribution in [-0.2, 0) is 0 Å². The van der Waals surface area contributed by atoms with Crippen LogP contribution in [0.1, 0.15) is 0 Å². The first-order chi connectivity index (χ1) is 20.9. The number of benzene rings is 6. The summed E-state index contributed by atoms with van der Waals surface area (Å²) in [5.41, 5.74) is 4.93. The molecule has 0 N–H and O–H groups in total. The summed E-state index contributed by atoms with van der Waals surface area (Å²) in [6.45, 7) is 0. The Hall–Kier alpha value is -5.60. The van der Waals surface area contributed by atoms with Gasteiger partial charge in [0, 0.05) is 24.8 Å². The molecule has 42 heavy (non-hydrogen) atoms. The summed E-state index contributed by atoms with van der Waals surface area (Å²) < 4.78 is 0. The van der Waals surface area contributed by atoms with Crippen LogP contribution in [-0.4, -0.2) is 9.97 Å². The van der Waals surface area contributed by atoms with Gasteiger partial charge in [-0.1, -0.05) is 78.9 Å². The summed E-state index contributed by atoms with van der Waals surface area (Å²) in [4.78, 5) is 8.81. The molecule has 0 unspecified atom stereocenters. The van der Waals surface area contributed by atoms with E-state index >= 15 is 0 Å². The standard InChI is InChI=1S/C40H22N2/c1-2-9-27-26(8-1)28-10-5-13-31-37(28)32(27)22-33-35(24-14-18-41-19-15-24)39-29-11-3-6-23-7-4-12-30(34(23)29)40(39)36(38(31)33)25-16-20-42-21-17-25/h1-22H. The van der Waals surface area contributed by atoms with E-state index in [1.807, 2.05) is 24.8 Å². The molecule has 2 nitrogen and oxygen atoms in total. The Labute approximate surface area is 241 Å². The van der Waals surface area contributed by atoms with Crippen molar-refractivity contribution in [2.75, 3.05) is 0 Å². The molecule has 0 spiro atoms. The van der Waals surface area contributed by atoms with E-state index in [0.717, 1.165) is 0 Å². The van der Waals surface area contributed by atoms with Gasteiger partial charge in [0.15, 0.2) is 0 Å². The lowest BCUT2D eigenvalue weighted by Gasteiger charge is -2.19. The molecule has 8 aromatic carbocycles. The third kappa shape index (κ3) is 2.69. The molecule has 0 fully saturated rings. The van der Waals surface area contributed by atoms with E-state index in [9.17, 15) is 0 Å². The molecule has 2 aromatic heterocycles. The minimum Gasteiger partial charge on any atom is -0.265 e. The summed E-state index contributed by atoms with van der Waals surface area (Å²) >= 11 is 0. The maximum atomic E-state index is 4.41. The van der Waals surface area contributed by atoms with Gasteiger partial charge in [-0.2, -0.15) is 0 Å². The molecule has 10 rings (SSSR count). The third-order valence-corrected chi connectivity index (χ3v) is 9.32. The van der Waals surface area contributed by atoms with Crippen LogP contribution in [0.25, 0.3) is 97.7 Å². The van der Waals surface area contributed by atoms with Gasteiger partial charge in [0.1, 0.15) is 0 Å². The summed E-state index contributed by atoms with van der Waals surface area (Å²) in [5.74, 6) is 0. The van der Waals surface area contributed by atoms with E-state index in [4.69, 9.17) is 0 Å². The average Bonchev–Trinajstić information content (AvgIpc) is 3.56. The Bertz CT molecular complexity index is 2650. The number of fused-ring (bicyclic) bond motifs is 8. The van der Waals surface area contributed by atoms with Crippen molar-refractivity contribution in [3.63, 3.8) is 0 Å². The van der Waals surface area contributed by atoms with Gasteiger partial charge in [-0.15, -0.1) is 0 Å². The Morgan fingerprint density at radius 1 is 0.310 bits per heavy atom. The zero-order chi connectivity index (χ0) is 27.4. The summed E-state index contributed by atoms with van der Waals surface area (Å²) in [5, 5.41) is 18.3. The predicted octanol–water partition coefficient (Wildman–Crippen LogP) is 10.8. The number of hydrogen-bond acceptors (Lipinski definition) is 2. The van der Waals surface area contributed by atoms with Crippen molar-refractivity contribution >= 4 is 75.4 Å². The maximum Gasteiger partial charge on any atom is 0.0273 e. The molecule has 0 saturated carbocycles. The molecule has 0 saturated heterocycles. The van der Waals surface area contributed by atoms with E-state index in [2.05, 4.69) is 119 Å². The topological polar surface area (TPSA) is 25.8 Å². The summed E-state index contributed by atoms with van der Waals surface area (Å²) in [6, 6.07) is 40.3. The Morgan fingerprint density at radius 3 is 1.48 bits per heavy atom. The quantitative estimate of drug-likeness (QED) is 0.208. The van der Waals surface area contributed by atoms with Gasteiger partial charge in [-0.3, -0.25) is 9.97 Å². The van der Waals surface area contributed by atoms with Crippen LogP contribution >= 0.6 is 0 Å². The van der Waals surface area contributed by atoms with Crippen LogP contribution in [0.3, 0.4) is 0 Å². The van der Waals surface area contributed by atoms with Crippen LogP contribution in [0.5, 0.6) is 0 Å². The van der Waals surface area contributed by atoms with Gasteiger partial charge in [-0.05, 0) is 128 Å². The first-order valence-corrected chi connectivity index (χ1v) is 14.4. The summed E-state index contributed by atoms with van der Waals surface area (Å²) in [6.07, 6.45) is 7.67. The maximum absolute atomic E-state index is 4.41. The molecule has 0 atom stereocenters. The zero-order valence-electron chi connectivity index (χ0n) is 22.6. The predicted molar refractivity (Wildman–Crippen MR) is 178 cm³/mol. The monoisotopic (exact) mass is 530 g/mol. The van der Waals surface area contributed by atoms with Crippen molar-refractivity contribution in [3.8, 4) is 22.3 Å². The second-order valence-electron chi connectivity index (χ2n) is 11.3. The SMILES string of the molecule is c1ccc2c(c1)c1cccc3c4c(-c5ccncc5)c5c6cccc7cccc(c5c(-c5ccncc5)c4cc2c13)c76. The minimum absolute atomic E-state index is 1.19. The van der Waals surface area contributed by atoms with Gasteiger partial charge in [0.25, 0.3) is 0 Å². The van der Waals surface area contributed by atoms with Crippen LogP contribution < -0.4 is 0 Å². The van der Waals surface area contributed by atoms with E-state index < -0.39 is 0 Å². The third-order valence-electron chi connectivity index (χ3n) is 9.32. The lowest BCUT2D eigenvalue weighted by molar-refractivity contribution is 1.33. The minimum atomic E-state index is 1.19. The van der Waals surface area contributed by atoms with Crippen LogP contribution in [0.4, 0.5) is 0 Å². The molecule has 0 aliphatic rings. The Balaban J connectivity index is 1.62. The smallest absolute Gasteiger partial charge is 0.0273 e. The molecular weight excluding hydrogens is 508 g/mol. The number of rotatable bonds is 2. The second kappa shape index (κ2) is 7.99. The Morgan fingerprint density at radius 2 is 0.810 bits per heavy atom. The normalized spacial score (nSPS) is 12.3. The highest BCUT2D eigenvalue weighted by Gasteiger charge is 2.26. The molecule has 0 bridgehead atoms. The highest BCUT2D eigenvalue weighted by atomic mass is 14.6. The summed E-state index contributed by atoms with van der Waals surface area (Å²) in [7, 11) is 0. The van der Waals surface area contributed by atoms with Gasteiger partial charge < -0.3 is 0 Å². The fourth-order valence-corrected chi connectivity index (χ4v) is 7.77. The van der Waals surface area contributed by atoms with Crippen LogP contribution in [0.2, 0.25) is 0 Å². The highest BCUT2D eigenvalue weighted by Crippen LogP contribution is 2.54. The van der Waals surface area contributed by atoms with Crippen molar-refractivity contribution in [2.45, 2.75) is 0 Å². The fourth-order valence-electron chi connectivity index (χ4n) is 7.77. The molecule has 192 valence electrons. The fraction of sp³-hybridized carbons (Fsp3) is 0. The molecule has 2 heteroatoms. The van der Waals surface area contributed by atoms with E-state index in [1.165, 1.54) is 97.7 Å². The first kappa shape index (κ1) is 22.1. The van der Waals surface area contributed by atoms with E-state index in [-0.39, 0.29) is 0 Å². The zero-order valence-corrected chi connectivity index (χ0v) is 22.6. The lowest BCUT2D eigenvalue weighted by atomic mass is 9.84. The number of hydrogen-bond donors (Lipinski definition) is 0. The van der Waals surface area contributed by atoms with Gasteiger partial charge in [0.2, 0.25) is 0 Å². The van der Waals surface area contributed by atoms with E-state index in [0.29, 0.717) is 0 Å². The van der Waals surface area contributed by atoms with Crippen molar-refractivity contribution < 1.29 is 0 Å². The number of nitrogens with zero attached hydrogens (tertiary/aromatic N) is 2. The number of aromatic nitrogens is 2. The molecule has 0 aliphatic carbocycles. The van der Waals surface area contributed by atoms with Crippen LogP contribution in [0.15, 0.2) is 134 Å². The Kier molecular flexibility index (Phi) is 4.21. The first-order valence-electron chi connectivity index (χ1n) is 14.4. The molecule has 0 amide bonds. The highest BCUT2D eigenvalue weighted by molar-refractivity contribution is 6.44. The second-order valence-corrected chi connectivity index (χ2v) is 11.3. The van der Waals surface area contributed by atoms with Gasteiger partial charge in [-0.25, -0.2) is 0 Å². The lowest BCUT2D eigenvalue weighted by Crippen LogP contribution is -1.91. The molecule has 2 heterocycles. The van der Waals surface area contributed by atoms with Crippen molar-refractivity contribution in [1.29, 1.82) is 0 Å². The van der Waals surface area contributed by atoms with E-state index in [1.54, 1.807) is 0 Å². The van der Waals surface area contributed by atoms with Gasteiger partial charge >= 0.3 is 0 Å².